The lowest BCUT2D eigenvalue weighted by atomic mass is 10.0. The van der Waals surface area contributed by atoms with Gasteiger partial charge in [-0.05, 0) is 24.6 Å². The van der Waals surface area contributed by atoms with Crippen LogP contribution in [0.5, 0.6) is 0 Å². The van der Waals surface area contributed by atoms with E-state index >= 15 is 0 Å². The first-order chi connectivity index (χ1) is 11.4. The Morgan fingerprint density at radius 3 is 1.70 bits per heavy atom. The fourth-order valence-corrected chi connectivity index (χ4v) is 8.33. The summed E-state index contributed by atoms with van der Waals surface area (Å²) in [7, 11) is -0.801. The SMILES string of the molecule is CCCCCCCCCCCCCCCCS[SiH]1CCCCO1. The van der Waals surface area contributed by atoms with E-state index in [4.69, 9.17) is 4.43 Å². The number of hydrogen-bond acceptors (Lipinski definition) is 2. The van der Waals surface area contributed by atoms with Gasteiger partial charge in [0.2, 0.25) is 8.19 Å². The van der Waals surface area contributed by atoms with Gasteiger partial charge in [-0.2, -0.15) is 11.2 Å². The Morgan fingerprint density at radius 1 is 0.696 bits per heavy atom. The molecule has 0 aromatic rings. The molecular weight excluding hydrogens is 316 g/mol. The van der Waals surface area contributed by atoms with E-state index in [2.05, 4.69) is 18.1 Å². The van der Waals surface area contributed by atoms with E-state index in [1.165, 1.54) is 115 Å². The van der Waals surface area contributed by atoms with Crippen molar-refractivity contribution < 1.29 is 4.43 Å². The highest BCUT2D eigenvalue weighted by atomic mass is 32.4. The molecule has 1 aliphatic heterocycles. The highest BCUT2D eigenvalue weighted by Gasteiger charge is 2.15. The van der Waals surface area contributed by atoms with E-state index in [0.29, 0.717) is 0 Å². The second-order valence-electron chi connectivity index (χ2n) is 7.26. The third-order valence-corrected chi connectivity index (χ3v) is 10.3. The zero-order valence-electron chi connectivity index (χ0n) is 15.8. The molecule has 0 aromatic carbocycles. The van der Waals surface area contributed by atoms with Crippen LogP contribution in [0.2, 0.25) is 6.04 Å². The topological polar surface area (TPSA) is 9.23 Å². The van der Waals surface area contributed by atoms with Crippen molar-refractivity contribution in [3.63, 3.8) is 0 Å². The lowest BCUT2D eigenvalue weighted by Gasteiger charge is -2.20. The largest absolute Gasteiger partial charge is 0.410 e. The van der Waals surface area contributed by atoms with Crippen LogP contribution in [0.1, 0.15) is 110 Å². The molecule has 0 amide bonds. The van der Waals surface area contributed by atoms with Gasteiger partial charge in [0, 0.05) is 6.61 Å². The second kappa shape index (κ2) is 17.4. The number of unbranched alkanes of at least 4 members (excludes halogenated alkanes) is 13. The van der Waals surface area contributed by atoms with E-state index in [1.54, 1.807) is 0 Å². The molecule has 1 nitrogen and oxygen atoms in total. The summed E-state index contributed by atoms with van der Waals surface area (Å²) in [5, 5.41) is 0. The van der Waals surface area contributed by atoms with Crippen molar-refractivity contribution >= 4 is 19.4 Å². The van der Waals surface area contributed by atoms with Crippen LogP contribution in [0.15, 0.2) is 0 Å². The molecule has 1 rings (SSSR count). The van der Waals surface area contributed by atoms with Gasteiger partial charge >= 0.3 is 0 Å². The molecule has 1 fully saturated rings. The van der Waals surface area contributed by atoms with E-state index in [0.717, 1.165) is 6.61 Å². The highest BCUT2D eigenvalue weighted by molar-refractivity contribution is 8.24. The summed E-state index contributed by atoms with van der Waals surface area (Å²) in [4.78, 5) is 0. The third-order valence-electron chi connectivity index (χ3n) is 4.94. The van der Waals surface area contributed by atoms with Crippen molar-refractivity contribution in [2.45, 2.75) is 116 Å². The Kier molecular flexibility index (Phi) is 16.3. The molecule has 138 valence electrons. The lowest BCUT2D eigenvalue weighted by molar-refractivity contribution is 0.300. The van der Waals surface area contributed by atoms with Crippen LogP contribution in [0.4, 0.5) is 0 Å². The monoisotopic (exact) mass is 358 g/mol. The highest BCUT2D eigenvalue weighted by Crippen LogP contribution is 2.22. The predicted octanol–water partition coefficient (Wildman–Crippen LogP) is 7.23. The summed E-state index contributed by atoms with van der Waals surface area (Å²) in [6.45, 7) is 3.36. The first kappa shape index (κ1) is 21.6. The summed E-state index contributed by atoms with van der Waals surface area (Å²) in [6.07, 6.45) is 23.2. The van der Waals surface area contributed by atoms with Crippen LogP contribution in [0, 0.1) is 0 Å². The Balaban J connectivity index is 1.67. The van der Waals surface area contributed by atoms with Gasteiger partial charge < -0.3 is 4.43 Å². The lowest BCUT2D eigenvalue weighted by Crippen LogP contribution is -2.20. The summed E-state index contributed by atoms with van der Waals surface area (Å²) in [5.41, 5.74) is 0. The van der Waals surface area contributed by atoms with Crippen molar-refractivity contribution in [3.8, 4) is 0 Å². The zero-order valence-corrected chi connectivity index (χ0v) is 17.8. The van der Waals surface area contributed by atoms with Gasteiger partial charge in [-0.3, -0.25) is 0 Å². The molecule has 1 saturated heterocycles. The molecule has 1 heterocycles. The summed E-state index contributed by atoms with van der Waals surface area (Å²) < 4.78 is 5.90. The van der Waals surface area contributed by atoms with Gasteiger partial charge in [0.15, 0.2) is 0 Å². The molecule has 0 radical (unpaired) electrons. The second-order valence-corrected chi connectivity index (χ2v) is 12.4. The van der Waals surface area contributed by atoms with Crippen molar-refractivity contribution in [2.75, 3.05) is 12.4 Å². The maximum atomic E-state index is 5.90. The molecule has 0 bridgehead atoms. The zero-order chi connectivity index (χ0) is 16.4. The van der Waals surface area contributed by atoms with Gasteiger partial charge in [0.1, 0.15) is 0 Å². The fraction of sp³-hybridized carbons (Fsp3) is 1.00. The smallest absolute Gasteiger partial charge is 0.238 e. The van der Waals surface area contributed by atoms with Crippen molar-refractivity contribution in [1.82, 2.24) is 0 Å². The normalized spacial score (nSPS) is 18.4. The van der Waals surface area contributed by atoms with Crippen molar-refractivity contribution in [2.24, 2.45) is 0 Å². The molecule has 1 atom stereocenters. The Bertz CT molecular complexity index is 232. The standard InChI is InChI=1S/C20H42OSSi/c1-2-3-4-5-6-7-8-9-10-11-12-13-14-16-19-22-23-20-17-15-18-21-23/h23H,2-20H2,1H3. The first-order valence-electron chi connectivity index (χ1n) is 10.7. The minimum absolute atomic E-state index is 0.801. The van der Waals surface area contributed by atoms with Gasteiger partial charge in [-0.1, -0.05) is 96.8 Å². The van der Waals surface area contributed by atoms with Crippen LogP contribution in [-0.4, -0.2) is 20.5 Å². The summed E-state index contributed by atoms with van der Waals surface area (Å²) in [6, 6.07) is 1.42. The van der Waals surface area contributed by atoms with Crippen molar-refractivity contribution in [3.05, 3.63) is 0 Å². The van der Waals surface area contributed by atoms with Crippen LogP contribution in [0.25, 0.3) is 0 Å². The number of rotatable bonds is 16. The average molecular weight is 359 g/mol. The Morgan fingerprint density at radius 2 is 1.22 bits per heavy atom. The van der Waals surface area contributed by atoms with Gasteiger partial charge in [0.25, 0.3) is 0 Å². The third kappa shape index (κ3) is 14.6. The summed E-state index contributed by atoms with van der Waals surface area (Å²) >= 11 is 2.20. The van der Waals surface area contributed by atoms with E-state index in [1.807, 2.05) is 0 Å². The first-order valence-corrected chi connectivity index (χ1v) is 14.4. The van der Waals surface area contributed by atoms with Crippen LogP contribution >= 0.6 is 11.2 Å². The van der Waals surface area contributed by atoms with E-state index in [9.17, 15) is 0 Å². The molecule has 0 aliphatic carbocycles. The molecule has 3 heteroatoms. The van der Waals surface area contributed by atoms with Crippen molar-refractivity contribution in [1.29, 1.82) is 0 Å². The fourth-order valence-electron chi connectivity index (χ4n) is 3.35. The van der Waals surface area contributed by atoms with E-state index in [-0.39, 0.29) is 0 Å². The average Bonchev–Trinajstić information content (AvgIpc) is 2.59. The molecule has 0 N–H and O–H groups in total. The quantitative estimate of drug-likeness (QED) is 0.212. The molecule has 1 aliphatic rings. The maximum Gasteiger partial charge on any atom is 0.238 e. The molecule has 0 spiro atoms. The minimum Gasteiger partial charge on any atom is -0.410 e. The number of hydrogen-bond donors (Lipinski definition) is 0. The molecule has 0 saturated carbocycles. The van der Waals surface area contributed by atoms with E-state index < -0.39 is 8.19 Å². The molecule has 23 heavy (non-hydrogen) atoms. The summed E-state index contributed by atoms with van der Waals surface area (Å²) in [5.74, 6) is 1.37. The van der Waals surface area contributed by atoms with Crippen LogP contribution in [0.3, 0.4) is 0 Å². The minimum atomic E-state index is -0.801. The Labute approximate surface area is 152 Å². The molecule has 0 aromatic heterocycles. The van der Waals surface area contributed by atoms with Crippen LogP contribution < -0.4 is 0 Å². The maximum absolute atomic E-state index is 5.90. The van der Waals surface area contributed by atoms with Gasteiger partial charge in [0.05, 0.1) is 0 Å². The predicted molar refractivity (Wildman–Crippen MR) is 110 cm³/mol. The molecule has 1 unspecified atom stereocenters. The van der Waals surface area contributed by atoms with Gasteiger partial charge in [-0.25, -0.2) is 0 Å². The Hall–Kier alpha value is 0.527. The van der Waals surface area contributed by atoms with Gasteiger partial charge in [-0.15, -0.1) is 0 Å². The molecular formula is C20H42OSSi. The van der Waals surface area contributed by atoms with Crippen LogP contribution in [-0.2, 0) is 4.43 Å².